The van der Waals surface area contributed by atoms with Crippen LogP contribution >= 0.6 is 11.3 Å². The molecule has 258 valence electrons. The van der Waals surface area contributed by atoms with Crippen molar-refractivity contribution >= 4 is 32.3 Å². The van der Waals surface area contributed by atoms with Crippen LogP contribution in [0, 0.1) is 0 Å². The Morgan fingerprint density at radius 2 is 0.782 bits per heavy atom. The lowest BCUT2D eigenvalue weighted by Crippen LogP contribution is -2.00. The number of aromatic nitrogens is 4. The summed E-state index contributed by atoms with van der Waals surface area (Å²) in [4.78, 5) is 21.8. The highest BCUT2D eigenvalue weighted by atomic mass is 32.1. The van der Waals surface area contributed by atoms with E-state index in [2.05, 4.69) is 158 Å². The molecule has 0 atom stereocenters. The molecular weight excluding hydrogens is 689 g/mol. The predicted molar refractivity (Wildman–Crippen MR) is 229 cm³/mol. The molecule has 55 heavy (non-hydrogen) atoms. The molecule has 0 aliphatic carbocycles. The van der Waals surface area contributed by atoms with Gasteiger partial charge in [-0.15, -0.1) is 11.3 Å². The van der Waals surface area contributed by atoms with Crippen molar-refractivity contribution in [3.63, 3.8) is 0 Å². The molecule has 5 heteroatoms. The van der Waals surface area contributed by atoms with Crippen molar-refractivity contribution in [2.45, 2.75) is 0 Å². The molecule has 0 saturated carbocycles. The van der Waals surface area contributed by atoms with Crippen molar-refractivity contribution in [2.75, 3.05) is 0 Å². The van der Waals surface area contributed by atoms with Crippen LogP contribution in [-0.4, -0.2) is 19.9 Å². The summed E-state index contributed by atoms with van der Waals surface area (Å²) >= 11 is 1.80. The fourth-order valence-electron chi connectivity index (χ4n) is 7.28. The van der Waals surface area contributed by atoms with Crippen LogP contribution in [0.2, 0.25) is 0 Å². The lowest BCUT2D eigenvalue weighted by molar-refractivity contribution is 1.07. The molecule has 0 spiro atoms. The summed E-state index contributed by atoms with van der Waals surface area (Å²) in [6.45, 7) is 0. The third kappa shape index (κ3) is 6.17. The van der Waals surface area contributed by atoms with Crippen molar-refractivity contribution in [1.82, 2.24) is 19.9 Å². The molecule has 0 unspecified atom stereocenters. The van der Waals surface area contributed by atoms with Gasteiger partial charge in [-0.25, -0.2) is 19.9 Å². The minimum Gasteiger partial charge on any atom is -0.246 e. The Morgan fingerprint density at radius 1 is 0.327 bits per heavy atom. The van der Waals surface area contributed by atoms with Gasteiger partial charge in [0.15, 0.2) is 17.5 Å². The summed E-state index contributed by atoms with van der Waals surface area (Å²) in [5.74, 6) is 1.86. The van der Waals surface area contributed by atoms with Crippen molar-refractivity contribution in [1.29, 1.82) is 0 Å². The van der Waals surface area contributed by atoms with Gasteiger partial charge in [-0.3, -0.25) is 0 Å². The van der Waals surface area contributed by atoms with E-state index < -0.39 is 0 Å². The number of fused-ring (bicyclic) bond motifs is 3. The van der Waals surface area contributed by atoms with Crippen LogP contribution in [0.5, 0.6) is 0 Å². The second-order valence-corrected chi connectivity index (χ2v) is 14.4. The highest BCUT2D eigenvalue weighted by molar-refractivity contribution is 7.23. The number of benzene rings is 7. The van der Waals surface area contributed by atoms with Crippen molar-refractivity contribution in [3.05, 3.63) is 194 Å². The zero-order valence-electron chi connectivity index (χ0n) is 29.7. The van der Waals surface area contributed by atoms with Gasteiger partial charge in [0, 0.05) is 43.5 Å². The molecule has 0 saturated heterocycles. The van der Waals surface area contributed by atoms with E-state index in [9.17, 15) is 0 Å². The lowest BCUT2D eigenvalue weighted by Gasteiger charge is -2.11. The molecule has 3 heterocycles. The minimum atomic E-state index is 0.607. The first kappa shape index (κ1) is 32.6. The number of pyridine rings is 1. The van der Waals surface area contributed by atoms with Crippen LogP contribution in [0.3, 0.4) is 0 Å². The van der Waals surface area contributed by atoms with Gasteiger partial charge in [0.05, 0.1) is 15.9 Å². The first-order chi connectivity index (χ1) is 27.3. The Morgan fingerprint density at radius 3 is 1.44 bits per heavy atom. The molecule has 0 amide bonds. The standard InChI is InChI=1S/C50H32N4S/c1-5-16-33(17-6-1)34-28-30-38(31-29-34)49-52-48(37-22-11-4-12-23-37)53-50(54-49)40-25-15-24-39(32-40)45-47-44(41-26-13-14-27-42(41)51-45)43(35-18-7-2-8-19-35)46(55-47)36-20-9-3-10-21-36/h1-32H. The van der Waals surface area contributed by atoms with Gasteiger partial charge in [0.25, 0.3) is 0 Å². The van der Waals surface area contributed by atoms with Gasteiger partial charge in [-0.05, 0) is 34.4 Å². The second-order valence-electron chi connectivity index (χ2n) is 13.4. The van der Waals surface area contributed by atoms with E-state index in [1.165, 1.54) is 32.5 Å². The smallest absolute Gasteiger partial charge is 0.164 e. The minimum absolute atomic E-state index is 0.607. The number of hydrogen-bond acceptors (Lipinski definition) is 5. The van der Waals surface area contributed by atoms with Gasteiger partial charge < -0.3 is 0 Å². The zero-order chi connectivity index (χ0) is 36.6. The predicted octanol–water partition coefficient (Wildman–Crippen LogP) is 13.3. The molecule has 4 nitrogen and oxygen atoms in total. The average Bonchev–Trinajstić information content (AvgIpc) is 3.69. The van der Waals surface area contributed by atoms with Gasteiger partial charge in [-0.2, -0.15) is 0 Å². The highest BCUT2D eigenvalue weighted by Crippen LogP contribution is 2.50. The van der Waals surface area contributed by atoms with Gasteiger partial charge in [0.2, 0.25) is 0 Å². The number of rotatable bonds is 7. The van der Waals surface area contributed by atoms with Crippen molar-refractivity contribution in [2.24, 2.45) is 0 Å². The Balaban J connectivity index is 1.16. The summed E-state index contributed by atoms with van der Waals surface area (Å²) in [6.07, 6.45) is 0. The molecule has 10 aromatic rings. The summed E-state index contributed by atoms with van der Waals surface area (Å²) in [5.41, 5.74) is 11.6. The van der Waals surface area contributed by atoms with Crippen molar-refractivity contribution in [3.8, 4) is 78.1 Å². The van der Waals surface area contributed by atoms with E-state index in [4.69, 9.17) is 19.9 Å². The quantitative estimate of drug-likeness (QED) is 0.164. The largest absolute Gasteiger partial charge is 0.246 e. The second kappa shape index (κ2) is 14.0. The molecule has 0 fully saturated rings. The van der Waals surface area contributed by atoms with Crippen LogP contribution in [-0.2, 0) is 0 Å². The van der Waals surface area contributed by atoms with Crippen LogP contribution in [0.25, 0.3) is 99.1 Å². The fourth-order valence-corrected chi connectivity index (χ4v) is 8.63. The summed E-state index contributed by atoms with van der Waals surface area (Å²) in [5, 5.41) is 2.36. The summed E-state index contributed by atoms with van der Waals surface area (Å²) < 4.78 is 1.15. The number of thiophene rings is 1. The third-order valence-electron chi connectivity index (χ3n) is 9.94. The SMILES string of the molecule is c1ccc(-c2ccc(-c3nc(-c4ccccc4)nc(-c4cccc(-c5nc6ccccc6c6c(-c7ccccc7)c(-c7ccccc7)sc56)c4)n3)cc2)cc1. The molecule has 0 N–H and O–H groups in total. The van der Waals surface area contributed by atoms with E-state index in [0.717, 1.165) is 49.1 Å². The highest BCUT2D eigenvalue weighted by Gasteiger charge is 2.22. The molecule has 0 aliphatic rings. The zero-order valence-corrected chi connectivity index (χ0v) is 30.5. The molecule has 0 aliphatic heterocycles. The number of para-hydroxylation sites is 1. The summed E-state index contributed by atoms with van der Waals surface area (Å²) in [6, 6.07) is 67.3. The molecule has 0 bridgehead atoms. The Labute approximate surface area is 323 Å². The molecule has 0 radical (unpaired) electrons. The summed E-state index contributed by atoms with van der Waals surface area (Å²) in [7, 11) is 0. The first-order valence-corrected chi connectivity index (χ1v) is 19.1. The van der Waals surface area contributed by atoms with Crippen LogP contribution < -0.4 is 0 Å². The van der Waals surface area contributed by atoms with Gasteiger partial charge in [-0.1, -0.05) is 182 Å². The van der Waals surface area contributed by atoms with E-state index in [0.29, 0.717) is 17.5 Å². The molecule has 10 rings (SSSR count). The Hall–Kier alpha value is -7.08. The van der Waals surface area contributed by atoms with E-state index in [-0.39, 0.29) is 0 Å². The molecule has 3 aromatic heterocycles. The maximum atomic E-state index is 5.37. The average molecular weight is 721 g/mol. The monoisotopic (exact) mass is 720 g/mol. The van der Waals surface area contributed by atoms with E-state index in [1.54, 1.807) is 11.3 Å². The Bertz CT molecular complexity index is 2940. The number of nitrogens with zero attached hydrogens (tertiary/aromatic N) is 4. The van der Waals surface area contributed by atoms with Gasteiger partial charge in [0.1, 0.15) is 0 Å². The van der Waals surface area contributed by atoms with Gasteiger partial charge >= 0.3 is 0 Å². The third-order valence-corrected chi connectivity index (χ3v) is 11.2. The van der Waals surface area contributed by atoms with Crippen LogP contribution in [0.15, 0.2) is 194 Å². The maximum absolute atomic E-state index is 5.37. The topological polar surface area (TPSA) is 51.6 Å². The molecule has 7 aromatic carbocycles. The molecular formula is C50H32N4S. The first-order valence-electron chi connectivity index (χ1n) is 18.3. The maximum Gasteiger partial charge on any atom is 0.164 e. The lowest BCUT2D eigenvalue weighted by atomic mass is 9.95. The number of hydrogen-bond donors (Lipinski definition) is 0. The normalized spacial score (nSPS) is 11.3. The van der Waals surface area contributed by atoms with E-state index in [1.807, 2.05) is 36.4 Å². The fraction of sp³-hybridized carbons (Fsp3) is 0. The van der Waals surface area contributed by atoms with Crippen LogP contribution in [0.4, 0.5) is 0 Å². The Kier molecular flexibility index (Phi) is 8.32. The van der Waals surface area contributed by atoms with Crippen molar-refractivity contribution < 1.29 is 0 Å². The van der Waals surface area contributed by atoms with E-state index >= 15 is 0 Å². The van der Waals surface area contributed by atoms with Crippen LogP contribution in [0.1, 0.15) is 0 Å².